The smallest absolute Gasteiger partial charge is 0.121 e. The predicted octanol–water partition coefficient (Wildman–Crippen LogP) is 3.37. The molecule has 4 N–H and O–H groups in total. The third-order valence-electron chi connectivity index (χ3n) is 5.46. The summed E-state index contributed by atoms with van der Waals surface area (Å²) in [7, 11) is 4.06. The molecule has 0 saturated carbocycles. The molecule has 2 aromatic carbocycles. The van der Waals surface area contributed by atoms with Crippen molar-refractivity contribution in [2.75, 3.05) is 51.9 Å². The number of aliphatic hydroxyl groups is 2. The van der Waals surface area contributed by atoms with Gasteiger partial charge in [-0.2, -0.15) is 0 Å². The molecule has 0 unspecified atom stereocenters. The Balaban J connectivity index is 1.41. The van der Waals surface area contributed by atoms with Crippen molar-refractivity contribution in [2.45, 2.75) is 45.0 Å². The predicted molar refractivity (Wildman–Crippen MR) is 132 cm³/mol. The largest absolute Gasteiger partial charge is 0.508 e. The highest BCUT2D eigenvalue weighted by molar-refractivity contribution is 5.46. The number of hydrogen-bond donors (Lipinski definition) is 4. The van der Waals surface area contributed by atoms with Gasteiger partial charge in [-0.15, -0.1) is 0 Å². The van der Waals surface area contributed by atoms with Crippen molar-refractivity contribution in [2.24, 2.45) is 0 Å². The molecule has 2 rings (SSSR count). The SMILES string of the molecule is CN(C)c1cccc(COCCOCCCCCCNC[C@H](O)c2ccc(O)c(CO)c2)c1. The molecule has 0 saturated heterocycles. The van der Waals surface area contributed by atoms with E-state index in [0.29, 0.717) is 37.5 Å². The highest BCUT2D eigenvalue weighted by atomic mass is 16.5. The first-order valence-electron chi connectivity index (χ1n) is 11.7. The van der Waals surface area contributed by atoms with Gasteiger partial charge in [-0.3, -0.25) is 0 Å². The van der Waals surface area contributed by atoms with E-state index in [9.17, 15) is 15.3 Å². The molecule has 0 amide bonds. The quantitative estimate of drug-likeness (QED) is 0.269. The summed E-state index contributed by atoms with van der Waals surface area (Å²) in [5.74, 6) is 0.0452. The summed E-state index contributed by atoms with van der Waals surface area (Å²) >= 11 is 0. The lowest BCUT2D eigenvalue weighted by molar-refractivity contribution is 0.0393. The van der Waals surface area contributed by atoms with Crippen LogP contribution in [-0.2, 0) is 22.7 Å². The molecule has 0 bridgehead atoms. The lowest BCUT2D eigenvalue weighted by Gasteiger charge is -2.14. The van der Waals surface area contributed by atoms with Crippen molar-refractivity contribution in [3.63, 3.8) is 0 Å². The van der Waals surface area contributed by atoms with Gasteiger partial charge in [0.15, 0.2) is 0 Å². The van der Waals surface area contributed by atoms with Crippen LogP contribution < -0.4 is 10.2 Å². The molecular formula is C26H40N2O5. The van der Waals surface area contributed by atoms with Crippen molar-refractivity contribution in [3.05, 3.63) is 59.2 Å². The van der Waals surface area contributed by atoms with Gasteiger partial charge in [0.25, 0.3) is 0 Å². The fourth-order valence-electron chi connectivity index (χ4n) is 3.44. The number of benzene rings is 2. The molecule has 0 aliphatic heterocycles. The molecule has 7 heteroatoms. The van der Waals surface area contributed by atoms with Crippen molar-refractivity contribution in [1.29, 1.82) is 0 Å². The highest BCUT2D eigenvalue weighted by Crippen LogP contribution is 2.22. The summed E-state index contributed by atoms with van der Waals surface area (Å²) in [5.41, 5.74) is 3.45. The number of rotatable bonds is 17. The summed E-state index contributed by atoms with van der Waals surface area (Å²) in [6.45, 7) is 3.59. The average Bonchev–Trinajstić information content (AvgIpc) is 2.82. The third kappa shape index (κ3) is 10.5. The molecule has 33 heavy (non-hydrogen) atoms. The van der Waals surface area contributed by atoms with Crippen molar-refractivity contribution < 1.29 is 24.8 Å². The summed E-state index contributed by atoms with van der Waals surface area (Å²) in [5, 5.41) is 32.3. The second-order valence-corrected chi connectivity index (χ2v) is 8.41. The number of aliphatic hydroxyl groups excluding tert-OH is 2. The van der Waals surface area contributed by atoms with E-state index in [2.05, 4.69) is 28.4 Å². The maximum atomic E-state index is 10.2. The number of phenols is 1. The Morgan fingerprint density at radius 1 is 0.939 bits per heavy atom. The summed E-state index contributed by atoms with van der Waals surface area (Å²) in [6, 6.07) is 13.1. The molecule has 0 spiro atoms. The van der Waals surface area contributed by atoms with Gasteiger partial charge in [-0.1, -0.05) is 31.0 Å². The van der Waals surface area contributed by atoms with E-state index in [-0.39, 0.29) is 12.4 Å². The first-order valence-corrected chi connectivity index (χ1v) is 11.7. The van der Waals surface area contributed by atoms with Gasteiger partial charge in [0.1, 0.15) is 5.75 Å². The van der Waals surface area contributed by atoms with Crippen LogP contribution in [-0.4, -0.2) is 62.3 Å². The topological polar surface area (TPSA) is 94.4 Å². The Morgan fingerprint density at radius 3 is 2.52 bits per heavy atom. The van der Waals surface area contributed by atoms with Gasteiger partial charge in [0.05, 0.1) is 32.5 Å². The van der Waals surface area contributed by atoms with Crippen LogP contribution in [0.1, 0.15) is 48.5 Å². The zero-order valence-electron chi connectivity index (χ0n) is 20.0. The third-order valence-corrected chi connectivity index (χ3v) is 5.46. The minimum atomic E-state index is -0.663. The number of nitrogens with one attached hydrogen (secondary N) is 1. The molecule has 2 aromatic rings. The van der Waals surface area contributed by atoms with Crippen molar-refractivity contribution in [3.8, 4) is 5.75 Å². The van der Waals surface area contributed by atoms with Crippen molar-refractivity contribution >= 4 is 5.69 Å². The fraction of sp³-hybridized carbons (Fsp3) is 0.538. The number of ether oxygens (including phenoxy) is 2. The standard InChI is InChI=1S/C26H40N2O5/c1-28(2)24-9-7-8-21(16-24)20-33-15-14-32-13-6-4-3-5-12-27-18-26(31)22-10-11-25(30)23(17-22)19-29/h7-11,16-17,26-27,29-31H,3-6,12-15,18-20H2,1-2H3/t26-/m0/s1. The van der Waals surface area contributed by atoms with Crippen LogP contribution in [0.25, 0.3) is 0 Å². The monoisotopic (exact) mass is 460 g/mol. The molecule has 0 aliphatic carbocycles. The Bertz CT molecular complexity index is 800. The normalized spacial score (nSPS) is 12.1. The molecule has 0 aromatic heterocycles. The molecule has 184 valence electrons. The van der Waals surface area contributed by atoms with Crippen LogP contribution >= 0.6 is 0 Å². The van der Waals surface area contributed by atoms with E-state index in [1.807, 2.05) is 20.2 Å². The molecule has 0 radical (unpaired) electrons. The Labute approximate surface area is 198 Å². The number of aromatic hydroxyl groups is 1. The summed E-state index contributed by atoms with van der Waals surface area (Å²) in [4.78, 5) is 2.08. The maximum absolute atomic E-state index is 10.2. The van der Waals surface area contributed by atoms with E-state index in [0.717, 1.165) is 38.8 Å². The zero-order chi connectivity index (χ0) is 23.9. The van der Waals surface area contributed by atoms with Crippen LogP contribution in [0.15, 0.2) is 42.5 Å². The number of nitrogens with zero attached hydrogens (tertiary/aromatic N) is 1. The van der Waals surface area contributed by atoms with E-state index >= 15 is 0 Å². The lowest BCUT2D eigenvalue weighted by atomic mass is 10.1. The van der Waals surface area contributed by atoms with Crippen LogP contribution in [0.5, 0.6) is 5.75 Å². The van der Waals surface area contributed by atoms with Gasteiger partial charge in [0.2, 0.25) is 0 Å². The van der Waals surface area contributed by atoms with Gasteiger partial charge >= 0.3 is 0 Å². The molecule has 7 nitrogen and oxygen atoms in total. The molecular weight excluding hydrogens is 420 g/mol. The van der Waals surface area contributed by atoms with Crippen LogP contribution in [0.4, 0.5) is 5.69 Å². The first-order chi connectivity index (χ1) is 16.0. The molecule has 0 heterocycles. The lowest BCUT2D eigenvalue weighted by Crippen LogP contribution is -2.22. The van der Waals surface area contributed by atoms with E-state index in [1.165, 1.54) is 17.3 Å². The second kappa shape index (κ2) is 15.6. The van der Waals surface area contributed by atoms with Gasteiger partial charge < -0.3 is 35.0 Å². The number of hydrogen-bond acceptors (Lipinski definition) is 7. The Hall–Kier alpha value is -2.16. The van der Waals surface area contributed by atoms with Crippen LogP contribution in [0.3, 0.4) is 0 Å². The second-order valence-electron chi connectivity index (χ2n) is 8.41. The molecule has 0 fully saturated rings. The summed E-state index contributed by atoms with van der Waals surface area (Å²) in [6.07, 6.45) is 3.63. The minimum absolute atomic E-state index is 0.0452. The maximum Gasteiger partial charge on any atom is 0.121 e. The average molecular weight is 461 g/mol. The van der Waals surface area contributed by atoms with Gasteiger partial charge in [-0.05, 0) is 54.8 Å². The van der Waals surface area contributed by atoms with E-state index in [1.54, 1.807) is 12.1 Å². The van der Waals surface area contributed by atoms with E-state index in [4.69, 9.17) is 9.47 Å². The fourth-order valence-corrected chi connectivity index (χ4v) is 3.44. The highest BCUT2D eigenvalue weighted by Gasteiger charge is 2.09. The zero-order valence-corrected chi connectivity index (χ0v) is 20.0. The van der Waals surface area contributed by atoms with Crippen LogP contribution in [0.2, 0.25) is 0 Å². The number of anilines is 1. The van der Waals surface area contributed by atoms with Gasteiger partial charge in [0, 0.05) is 38.5 Å². The molecule has 1 atom stereocenters. The van der Waals surface area contributed by atoms with Crippen LogP contribution in [0, 0.1) is 0 Å². The molecule has 0 aliphatic rings. The minimum Gasteiger partial charge on any atom is -0.508 e. The number of unbranched alkanes of at least 4 members (excludes halogenated alkanes) is 3. The Morgan fingerprint density at radius 2 is 1.73 bits per heavy atom. The van der Waals surface area contributed by atoms with Crippen molar-refractivity contribution in [1.82, 2.24) is 5.32 Å². The van der Waals surface area contributed by atoms with Gasteiger partial charge in [-0.25, -0.2) is 0 Å². The Kier molecular flexibility index (Phi) is 12.8. The summed E-state index contributed by atoms with van der Waals surface area (Å²) < 4.78 is 11.4. The van der Waals surface area contributed by atoms with E-state index < -0.39 is 6.10 Å². The first kappa shape index (κ1) is 27.1.